The zero-order chi connectivity index (χ0) is 5.28. The highest BCUT2D eigenvalue weighted by Gasteiger charge is 2.21. The molecule has 1 aliphatic heterocycles. The van der Waals surface area contributed by atoms with Gasteiger partial charge in [0.1, 0.15) is 0 Å². The van der Waals surface area contributed by atoms with Crippen molar-refractivity contribution < 1.29 is 0 Å². The molecule has 1 saturated heterocycles. The van der Waals surface area contributed by atoms with Crippen molar-refractivity contribution in [1.29, 1.82) is 0 Å². The van der Waals surface area contributed by atoms with E-state index in [9.17, 15) is 0 Å². The number of nitrogens with one attached hydrogen (secondary N) is 1. The van der Waals surface area contributed by atoms with Gasteiger partial charge in [-0.3, -0.25) is 0 Å². The Morgan fingerprint density at radius 3 is 2.57 bits per heavy atom. The summed E-state index contributed by atoms with van der Waals surface area (Å²) in [7, 11) is 0. The Morgan fingerprint density at radius 1 is 1.86 bits per heavy atom. The number of hydrogen-bond donors (Lipinski definition) is 1. The highest BCUT2D eigenvalue weighted by atomic mass is 15.0. The van der Waals surface area contributed by atoms with Crippen LogP contribution in [0, 0.1) is 5.92 Å². The van der Waals surface area contributed by atoms with Crippen molar-refractivity contribution in [3.8, 4) is 0 Å². The molecule has 0 aliphatic carbocycles. The smallest absolute Gasteiger partial charge is 0.0114 e. The number of hydrogen-bond acceptors (Lipinski definition) is 1. The molecule has 0 amide bonds. The second kappa shape index (κ2) is 1.66. The maximum Gasteiger partial charge on any atom is 0.0114 e. The monoisotopic (exact) mass is 97.1 g/mol. The molecule has 0 radical (unpaired) electrons. The summed E-state index contributed by atoms with van der Waals surface area (Å²) in [6.07, 6.45) is 2.02. The van der Waals surface area contributed by atoms with Crippen molar-refractivity contribution in [2.75, 3.05) is 6.54 Å². The molecular weight excluding hydrogens is 86.1 g/mol. The lowest BCUT2D eigenvalue weighted by Gasteiger charge is -2.32. The summed E-state index contributed by atoms with van der Waals surface area (Å²) >= 11 is 0. The van der Waals surface area contributed by atoms with Gasteiger partial charge >= 0.3 is 0 Å². The first-order valence-electron chi connectivity index (χ1n) is 2.70. The van der Waals surface area contributed by atoms with E-state index >= 15 is 0 Å². The fraction of sp³-hybridized carbons (Fsp3) is 0.667. The van der Waals surface area contributed by atoms with E-state index < -0.39 is 0 Å². The molecule has 2 atom stereocenters. The third-order valence-corrected chi connectivity index (χ3v) is 1.62. The molecule has 0 saturated carbocycles. The average molecular weight is 97.2 g/mol. The van der Waals surface area contributed by atoms with Gasteiger partial charge in [-0.25, -0.2) is 0 Å². The second-order valence-electron chi connectivity index (χ2n) is 2.10. The molecule has 1 aliphatic rings. The summed E-state index contributed by atoms with van der Waals surface area (Å²) in [6, 6.07) is 0.678. The van der Waals surface area contributed by atoms with Crippen LogP contribution in [0.1, 0.15) is 6.92 Å². The van der Waals surface area contributed by atoms with Crippen molar-refractivity contribution in [3.05, 3.63) is 12.7 Å². The maximum atomic E-state index is 3.69. The van der Waals surface area contributed by atoms with Gasteiger partial charge in [-0.1, -0.05) is 6.08 Å². The molecule has 1 N–H and O–H groups in total. The summed E-state index contributed by atoms with van der Waals surface area (Å²) in [5, 5.41) is 3.24. The first-order valence-corrected chi connectivity index (χ1v) is 2.70. The molecule has 1 nitrogen and oxygen atoms in total. The molecule has 1 heteroatoms. The molecule has 1 rings (SSSR count). The van der Waals surface area contributed by atoms with Crippen molar-refractivity contribution in [3.63, 3.8) is 0 Å². The fourth-order valence-corrected chi connectivity index (χ4v) is 0.777. The van der Waals surface area contributed by atoms with Gasteiger partial charge in [0.15, 0.2) is 0 Å². The molecular formula is C6H11N. The van der Waals surface area contributed by atoms with Crippen LogP contribution < -0.4 is 5.32 Å². The minimum Gasteiger partial charge on any atom is -0.313 e. The van der Waals surface area contributed by atoms with Gasteiger partial charge in [0.25, 0.3) is 0 Å². The van der Waals surface area contributed by atoms with Gasteiger partial charge in [-0.05, 0) is 6.92 Å². The first kappa shape index (κ1) is 4.85. The van der Waals surface area contributed by atoms with Gasteiger partial charge in [-0.15, -0.1) is 6.58 Å². The van der Waals surface area contributed by atoms with E-state index in [1.807, 2.05) is 6.08 Å². The predicted octanol–water partition coefficient (Wildman–Crippen LogP) is 0.780. The molecule has 2 unspecified atom stereocenters. The number of rotatable bonds is 1. The Morgan fingerprint density at radius 2 is 2.57 bits per heavy atom. The minimum atomic E-state index is 0.678. The Kier molecular flexibility index (Phi) is 1.15. The van der Waals surface area contributed by atoms with E-state index in [-0.39, 0.29) is 0 Å². The minimum absolute atomic E-state index is 0.678. The normalized spacial score (nSPS) is 39.6. The van der Waals surface area contributed by atoms with Crippen LogP contribution in [0.4, 0.5) is 0 Å². The van der Waals surface area contributed by atoms with E-state index in [1.165, 1.54) is 0 Å². The Bertz CT molecular complexity index is 78.2. The highest BCUT2D eigenvalue weighted by molar-refractivity contribution is 4.95. The molecule has 0 aromatic heterocycles. The molecule has 0 aromatic rings. The van der Waals surface area contributed by atoms with Gasteiger partial charge in [-0.2, -0.15) is 0 Å². The maximum absolute atomic E-state index is 3.69. The zero-order valence-corrected chi connectivity index (χ0v) is 4.65. The third kappa shape index (κ3) is 0.682. The first-order chi connectivity index (χ1) is 3.34. The zero-order valence-electron chi connectivity index (χ0n) is 4.65. The quantitative estimate of drug-likeness (QED) is 0.477. The lowest BCUT2D eigenvalue weighted by molar-refractivity contribution is 0.307. The van der Waals surface area contributed by atoms with Gasteiger partial charge in [0, 0.05) is 18.5 Å². The van der Waals surface area contributed by atoms with Crippen molar-refractivity contribution >= 4 is 0 Å². The summed E-state index contributed by atoms with van der Waals surface area (Å²) < 4.78 is 0. The Labute approximate surface area is 44.4 Å². The Hall–Kier alpha value is -0.300. The lowest BCUT2D eigenvalue weighted by Crippen LogP contribution is -2.49. The molecule has 7 heavy (non-hydrogen) atoms. The largest absolute Gasteiger partial charge is 0.313 e. The van der Waals surface area contributed by atoms with E-state index in [0.717, 1.165) is 12.5 Å². The van der Waals surface area contributed by atoms with E-state index in [1.54, 1.807) is 0 Å². The third-order valence-electron chi connectivity index (χ3n) is 1.62. The van der Waals surface area contributed by atoms with E-state index in [4.69, 9.17) is 0 Å². The molecule has 1 fully saturated rings. The van der Waals surface area contributed by atoms with Crippen LogP contribution in [-0.2, 0) is 0 Å². The van der Waals surface area contributed by atoms with Gasteiger partial charge < -0.3 is 5.32 Å². The van der Waals surface area contributed by atoms with Crippen LogP contribution in [0.25, 0.3) is 0 Å². The molecule has 0 bridgehead atoms. The van der Waals surface area contributed by atoms with E-state index in [0.29, 0.717) is 6.04 Å². The molecule has 0 spiro atoms. The summed E-state index contributed by atoms with van der Waals surface area (Å²) in [4.78, 5) is 0. The van der Waals surface area contributed by atoms with Crippen LogP contribution in [0.2, 0.25) is 0 Å². The standard InChI is InChI=1S/C6H11N/c1-3-6-4-7-5(6)2/h3,5-7H,1,4H2,2H3. The topological polar surface area (TPSA) is 12.0 Å². The second-order valence-corrected chi connectivity index (χ2v) is 2.10. The van der Waals surface area contributed by atoms with Crippen LogP contribution in [0.5, 0.6) is 0 Å². The summed E-state index contributed by atoms with van der Waals surface area (Å²) in [5.74, 6) is 0.736. The van der Waals surface area contributed by atoms with Crippen LogP contribution >= 0.6 is 0 Å². The average Bonchev–Trinajstić information content (AvgIpc) is 1.65. The van der Waals surface area contributed by atoms with Crippen molar-refractivity contribution in [1.82, 2.24) is 5.32 Å². The summed E-state index contributed by atoms with van der Waals surface area (Å²) in [5.41, 5.74) is 0. The van der Waals surface area contributed by atoms with Crippen LogP contribution in [0.3, 0.4) is 0 Å². The predicted molar refractivity (Wildman–Crippen MR) is 31.2 cm³/mol. The van der Waals surface area contributed by atoms with Gasteiger partial charge in [0.05, 0.1) is 0 Å². The van der Waals surface area contributed by atoms with E-state index in [2.05, 4.69) is 18.8 Å². The van der Waals surface area contributed by atoms with Crippen molar-refractivity contribution in [2.24, 2.45) is 5.92 Å². The highest BCUT2D eigenvalue weighted by Crippen LogP contribution is 2.11. The van der Waals surface area contributed by atoms with Gasteiger partial charge in [0.2, 0.25) is 0 Å². The van der Waals surface area contributed by atoms with Crippen LogP contribution in [-0.4, -0.2) is 12.6 Å². The fourth-order valence-electron chi connectivity index (χ4n) is 0.777. The lowest BCUT2D eigenvalue weighted by atomic mass is 9.94. The van der Waals surface area contributed by atoms with Crippen molar-refractivity contribution in [2.45, 2.75) is 13.0 Å². The SMILES string of the molecule is C=CC1CNC1C. The molecule has 1 heterocycles. The Balaban J connectivity index is 2.28. The van der Waals surface area contributed by atoms with Crippen LogP contribution in [0.15, 0.2) is 12.7 Å². The molecule has 0 aromatic carbocycles. The molecule has 40 valence electrons. The summed E-state index contributed by atoms with van der Waals surface area (Å²) in [6.45, 7) is 7.00.